The first-order valence-electron chi connectivity index (χ1n) is 9.93. The molecule has 3 rings (SSSR count). The number of nitrogens with zero attached hydrogens (tertiary/aromatic N) is 1. The van der Waals surface area contributed by atoms with Gasteiger partial charge >= 0.3 is 0 Å². The first-order valence-corrected chi connectivity index (χ1v) is 12.5. The van der Waals surface area contributed by atoms with Crippen LogP contribution in [0, 0.1) is 5.92 Å². The van der Waals surface area contributed by atoms with Gasteiger partial charge in [-0.1, -0.05) is 48.5 Å². The lowest BCUT2D eigenvalue weighted by molar-refractivity contribution is -0.159. The fourth-order valence-corrected chi connectivity index (χ4v) is 4.87. The maximum Gasteiger partial charge on any atom is 0.264 e. The van der Waals surface area contributed by atoms with E-state index in [1.807, 2.05) is 11.0 Å². The van der Waals surface area contributed by atoms with E-state index in [0.29, 0.717) is 29.7 Å². The number of hydrogen-bond acceptors (Lipinski definition) is 5. The van der Waals surface area contributed by atoms with Crippen LogP contribution in [0.3, 0.4) is 0 Å². The van der Waals surface area contributed by atoms with Gasteiger partial charge in [0, 0.05) is 18.9 Å². The number of carbonyl (C=O) groups excluding carboxylic acids is 1. The van der Waals surface area contributed by atoms with E-state index in [4.69, 9.17) is 32.1 Å². The van der Waals surface area contributed by atoms with Gasteiger partial charge in [-0.2, -0.15) is 8.42 Å². The lowest BCUT2D eigenvalue weighted by Crippen LogP contribution is -2.53. The molecule has 0 radical (unpaired) electrons. The number of carbonyl (C=O) groups is 1. The summed E-state index contributed by atoms with van der Waals surface area (Å²) in [7, 11) is -3.58. The second-order valence-corrected chi connectivity index (χ2v) is 10.3. The molecule has 2 aliphatic rings. The molecular formula is C20H27Cl2NO5S. The molecule has 1 aliphatic carbocycles. The molecule has 29 heavy (non-hydrogen) atoms. The Balaban J connectivity index is 1.84. The smallest absolute Gasteiger partial charge is 0.264 e. The summed E-state index contributed by atoms with van der Waals surface area (Å²) in [6.45, 7) is 1.15. The van der Waals surface area contributed by atoms with E-state index in [1.165, 1.54) is 6.42 Å². The van der Waals surface area contributed by atoms with Gasteiger partial charge in [0.1, 0.15) is 5.60 Å². The van der Waals surface area contributed by atoms with Crippen molar-refractivity contribution in [2.45, 2.75) is 44.1 Å². The second-order valence-electron chi connectivity index (χ2n) is 7.84. The maximum absolute atomic E-state index is 13.1. The summed E-state index contributed by atoms with van der Waals surface area (Å²) in [5.74, 6) is 0.210. The molecule has 162 valence electrons. The van der Waals surface area contributed by atoms with Crippen molar-refractivity contribution in [1.29, 1.82) is 0 Å². The highest BCUT2D eigenvalue weighted by Gasteiger charge is 2.41. The van der Waals surface area contributed by atoms with Gasteiger partial charge in [-0.25, -0.2) is 0 Å². The van der Waals surface area contributed by atoms with Crippen molar-refractivity contribution in [3.8, 4) is 0 Å². The largest absolute Gasteiger partial charge is 0.366 e. The Bertz CT molecular complexity index is 841. The van der Waals surface area contributed by atoms with Crippen LogP contribution in [0.1, 0.15) is 44.1 Å². The molecule has 9 heteroatoms. The minimum Gasteiger partial charge on any atom is -0.366 e. The quantitative estimate of drug-likeness (QED) is 0.596. The first-order chi connectivity index (χ1) is 13.7. The highest BCUT2D eigenvalue weighted by atomic mass is 35.5. The maximum atomic E-state index is 13.1. The summed E-state index contributed by atoms with van der Waals surface area (Å²) >= 11 is 12.3. The highest BCUT2D eigenvalue weighted by molar-refractivity contribution is 7.85. The Hall–Kier alpha value is -0.860. The molecule has 6 nitrogen and oxygen atoms in total. The average Bonchev–Trinajstić information content (AvgIpc) is 2.69. The van der Waals surface area contributed by atoms with E-state index in [2.05, 4.69) is 0 Å². The van der Waals surface area contributed by atoms with Gasteiger partial charge in [0.2, 0.25) is 5.91 Å². The second kappa shape index (κ2) is 9.52. The fourth-order valence-electron chi connectivity index (χ4n) is 4.19. The SMILES string of the molecule is CS(=O)(=O)OCC[C@@]1(c2ccc(Cl)c(Cl)c2)CN(C(=O)C2CCCCC2)CCO1. The highest BCUT2D eigenvalue weighted by Crippen LogP contribution is 2.38. The van der Waals surface area contributed by atoms with E-state index >= 15 is 0 Å². The van der Waals surface area contributed by atoms with Gasteiger partial charge < -0.3 is 9.64 Å². The summed E-state index contributed by atoms with van der Waals surface area (Å²) < 4.78 is 34.0. The molecule has 0 aromatic heterocycles. The van der Waals surface area contributed by atoms with Crippen LogP contribution in [0.4, 0.5) is 0 Å². The molecule has 0 N–H and O–H groups in total. The average molecular weight is 464 g/mol. The van der Waals surface area contributed by atoms with E-state index in [-0.39, 0.29) is 24.9 Å². The molecule has 2 fully saturated rings. The molecule has 0 bridgehead atoms. The van der Waals surface area contributed by atoms with E-state index < -0.39 is 15.7 Å². The van der Waals surface area contributed by atoms with Crippen LogP contribution >= 0.6 is 23.2 Å². The molecule has 1 aliphatic heterocycles. The molecule has 1 heterocycles. The Labute approximate surface area is 182 Å². The number of hydrogen-bond donors (Lipinski definition) is 0. The third-order valence-corrected chi connectivity index (χ3v) is 7.03. The number of ether oxygens (including phenoxy) is 1. The topological polar surface area (TPSA) is 72.9 Å². The fraction of sp³-hybridized carbons (Fsp3) is 0.650. The number of morpholine rings is 1. The lowest BCUT2D eigenvalue weighted by Gasteiger charge is -2.44. The van der Waals surface area contributed by atoms with Crippen LogP contribution in [0.15, 0.2) is 18.2 Å². The lowest BCUT2D eigenvalue weighted by atomic mass is 9.85. The molecule has 1 aromatic carbocycles. The van der Waals surface area contributed by atoms with Crippen molar-refractivity contribution in [2.75, 3.05) is 32.6 Å². The van der Waals surface area contributed by atoms with Crippen LogP contribution in [-0.4, -0.2) is 51.8 Å². The van der Waals surface area contributed by atoms with Crippen LogP contribution in [0.2, 0.25) is 10.0 Å². The number of rotatable bonds is 6. The molecule has 1 amide bonds. The third-order valence-electron chi connectivity index (χ3n) is 5.70. The summed E-state index contributed by atoms with van der Waals surface area (Å²) in [5, 5.41) is 0.802. The van der Waals surface area contributed by atoms with Crippen molar-refractivity contribution in [3.63, 3.8) is 0 Å². The molecule has 0 spiro atoms. The predicted molar refractivity (Wildman–Crippen MR) is 113 cm³/mol. The predicted octanol–water partition coefficient (Wildman–Crippen LogP) is 3.99. The zero-order valence-corrected chi connectivity index (χ0v) is 18.9. The van der Waals surface area contributed by atoms with Gasteiger partial charge in [0.15, 0.2) is 0 Å². The summed E-state index contributed by atoms with van der Waals surface area (Å²) in [5.41, 5.74) is -0.147. The van der Waals surface area contributed by atoms with E-state index in [0.717, 1.165) is 37.5 Å². The van der Waals surface area contributed by atoms with Crippen LogP contribution in [0.5, 0.6) is 0 Å². The zero-order valence-electron chi connectivity index (χ0n) is 16.5. The Morgan fingerprint density at radius 2 is 1.97 bits per heavy atom. The van der Waals surface area contributed by atoms with Gasteiger partial charge in [-0.3, -0.25) is 8.98 Å². The van der Waals surface area contributed by atoms with E-state index in [9.17, 15) is 13.2 Å². The first kappa shape index (κ1) is 22.8. The van der Waals surface area contributed by atoms with Crippen LogP contribution in [0.25, 0.3) is 0 Å². The molecule has 1 saturated heterocycles. The van der Waals surface area contributed by atoms with Gasteiger partial charge in [-0.05, 0) is 30.5 Å². The molecular weight excluding hydrogens is 437 g/mol. The van der Waals surface area contributed by atoms with Crippen molar-refractivity contribution in [1.82, 2.24) is 4.90 Å². The Kier molecular flexibility index (Phi) is 7.49. The molecule has 1 aromatic rings. The summed E-state index contributed by atoms with van der Waals surface area (Å²) in [6.07, 6.45) is 6.48. The molecule has 0 unspecified atom stereocenters. The van der Waals surface area contributed by atoms with Crippen molar-refractivity contribution < 1.29 is 22.1 Å². The van der Waals surface area contributed by atoms with Crippen molar-refractivity contribution >= 4 is 39.2 Å². The zero-order chi connectivity index (χ0) is 21.1. The van der Waals surface area contributed by atoms with Crippen LogP contribution in [-0.2, 0) is 29.4 Å². The minimum absolute atomic E-state index is 0.0511. The molecule has 1 atom stereocenters. The summed E-state index contributed by atoms with van der Waals surface area (Å²) in [4.78, 5) is 15.0. The summed E-state index contributed by atoms with van der Waals surface area (Å²) in [6, 6.07) is 5.21. The third kappa shape index (κ3) is 5.85. The number of amides is 1. The van der Waals surface area contributed by atoms with Crippen LogP contribution < -0.4 is 0 Å². The normalized spacial score (nSPS) is 23.9. The number of halogens is 2. The van der Waals surface area contributed by atoms with Gasteiger partial charge in [-0.15, -0.1) is 0 Å². The van der Waals surface area contributed by atoms with Crippen molar-refractivity contribution in [2.24, 2.45) is 5.92 Å². The minimum atomic E-state index is -3.58. The van der Waals surface area contributed by atoms with E-state index in [1.54, 1.807) is 12.1 Å². The standard InChI is InChI=1S/C20H27Cl2NO5S/c1-29(25,26)28-11-9-20(16-7-8-17(21)18(22)13-16)14-23(10-12-27-20)19(24)15-5-3-2-4-6-15/h7-8,13,15H,2-6,9-12,14H2,1H3/t20-/m0/s1. The van der Waals surface area contributed by atoms with Gasteiger partial charge in [0.05, 0.1) is 36.1 Å². The molecule has 1 saturated carbocycles. The Morgan fingerprint density at radius 1 is 1.24 bits per heavy atom. The van der Waals surface area contributed by atoms with Gasteiger partial charge in [0.25, 0.3) is 10.1 Å². The Morgan fingerprint density at radius 3 is 2.62 bits per heavy atom. The monoisotopic (exact) mass is 463 g/mol. The number of benzene rings is 1. The van der Waals surface area contributed by atoms with Crippen molar-refractivity contribution in [3.05, 3.63) is 33.8 Å².